The van der Waals surface area contributed by atoms with Gasteiger partial charge in [-0.15, -0.1) is 0 Å². The Hall–Kier alpha value is -0.900. The summed E-state index contributed by atoms with van der Waals surface area (Å²) in [4.78, 5) is 5.37. The molecule has 0 radical (unpaired) electrons. The summed E-state index contributed by atoms with van der Waals surface area (Å²) in [5.74, 6) is 0. The van der Waals surface area contributed by atoms with Gasteiger partial charge in [0.15, 0.2) is 0 Å². The van der Waals surface area contributed by atoms with Crippen LogP contribution in [0.3, 0.4) is 0 Å². The van der Waals surface area contributed by atoms with Gasteiger partial charge in [-0.3, -0.25) is 9.80 Å². The predicted molar refractivity (Wildman–Crippen MR) is 88.6 cm³/mol. The summed E-state index contributed by atoms with van der Waals surface area (Å²) >= 11 is 0. The number of nitrogens with zero attached hydrogens (tertiary/aromatic N) is 2. The first-order valence-corrected chi connectivity index (χ1v) is 8.46. The van der Waals surface area contributed by atoms with E-state index in [2.05, 4.69) is 53.4 Å². The van der Waals surface area contributed by atoms with Gasteiger partial charge in [0.2, 0.25) is 0 Å². The lowest BCUT2D eigenvalue weighted by Gasteiger charge is -2.44. The van der Waals surface area contributed by atoms with Crippen molar-refractivity contribution in [1.29, 1.82) is 0 Å². The van der Waals surface area contributed by atoms with Gasteiger partial charge in [-0.2, -0.15) is 0 Å². The minimum atomic E-state index is 0.445. The van der Waals surface area contributed by atoms with E-state index in [0.717, 1.165) is 12.6 Å². The van der Waals surface area contributed by atoms with E-state index in [-0.39, 0.29) is 0 Å². The predicted octanol–water partition coefficient (Wildman–Crippen LogP) is 2.43. The van der Waals surface area contributed by atoms with Crippen molar-refractivity contribution in [2.75, 3.05) is 39.8 Å². The van der Waals surface area contributed by atoms with Gasteiger partial charge in [0, 0.05) is 38.3 Å². The van der Waals surface area contributed by atoms with Crippen LogP contribution in [0.2, 0.25) is 0 Å². The molecule has 0 bridgehead atoms. The third-order valence-electron chi connectivity index (χ3n) is 5.19. The number of hydrogen-bond acceptors (Lipinski definition) is 3. The number of aryl methyl sites for hydroxylation is 1. The molecule has 0 aliphatic carbocycles. The average molecular weight is 287 g/mol. The van der Waals surface area contributed by atoms with Gasteiger partial charge in [0.05, 0.1) is 0 Å². The average Bonchev–Trinajstić information content (AvgIpc) is 2.53. The minimum Gasteiger partial charge on any atom is -0.312 e. The zero-order valence-electron chi connectivity index (χ0n) is 13.5. The fourth-order valence-electron chi connectivity index (χ4n) is 3.81. The first-order chi connectivity index (χ1) is 10.3. The third kappa shape index (κ3) is 3.65. The summed E-state index contributed by atoms with van der Waals surface area (Å²) in [5.41, 5.74) is 2.75. The molecular weight excluding hydrogens is 258 g/mol. The summed E-state index contributed by atoms with van der Waals surface area (Å²) < 4.78 is 0. The molecule has 0 spiro atoms. The molecule has 2 unspecified atom stereocenters. The van der Waals surface area contributed by atoms with E-state index in [0.29, 0.717) is 6.04 Å². The first-order valence-electron chi connectivity index (χ1n) is 8.46. The smallest absolute Gasteiger partial charge is 0.0446 e. The molecule has 3 rings (SSSR count). The molecule has 2 heterocycles. The van der Waals surface area contributed by atoms with Gasteiger partial charge in [-0.05, 0) is 38.9 Å². The summed E-state index contributed by atoms with van der Waals surface area (Å²) in [6, 6.07) is 10.2. The summed E-state index contributed by atoms with van der Waals surface area (Å²) in [6.45, 7) is 8.34. The first kappa shape index (κ1) is 15.0. The second kappa shape index (κ2) is 6.91. The van der Waals surface area contributed by atoms with Crippen molar-refractivity contribution in [2.24, 2.45) is 0 Å². The van der Waals surface area contributed by atoms with Gasteiger partial charge in [0.1, 0.15) is 0 Å². The lowest BCUT2D eigenvalue weighted by atomic mass is 9.98. The Kier molecular flexibility index (Phi) is 4.94. The molecule has 0 saturated carbocycles. The Morgan fingerprint density at radius 1 is 1.14 bits per heavy atom. The SMILES string of the molecule is CNC(CN1CCN2CCCCC2C1)c1ccc(C)cc1. The molecule has 21 heavy (non-hydrogen) atoms. The minimum absolute atomic E-state index is 0.445. The zero-order valence-corrected chi connectivity index (χ0v) is 13.5. The molecule has 2 aliphatic rings. The number of likely N-dealkylation sites (N-methyl/N-ethyl adjacent to an activating group) is 1. The van der Waals surface area contributed by atoms with E-state index in [9.17, 15) is 0 Å². The van der Waals surface area contributed by atoms with Crippen LogP contribution in [0.15, 0.2) is 24.3 Å². The van der Waals surface area contributed by atoms with Crippen LogP contribution in [0.5, 0.6) is 0 Å². The standard InChI is InChI=1S/C18H29N3/c1-15-6-8-16(9-7-15)18(19-2)14-20-11-12-21-10-4-3-5-17(21)13-20/h6-9,17-19H,3-5,10-14H2,1-2H3. The molecule has 2 saturated heterocycles. The van der Waals surface area contributed by atoms with Gasteiger partial charge < -0.3 is 5.32 Å². The van der Waals surface area contributed by atoms with Crippen LogP contribution in [0.1, 0.15) is 36.4 Å². The largest absolute Gasteiger partial charge is 0.312 e. The lowest BCUT2D eigenvalue weighted by molar-refractivity contribution is 0.0451. The van der Waals surface area contributed by atoms with Crippen LogP contribution < -0.4 is 5.32 Å². The van der Waals surface area contributed by atoms with Gasteiger partial charge in [-0.25, -0.2) is 0 Å². The summed E-state index contributed by atoms with van der Waals surface area (Å²) in [6.07, 6.45) is 4.21. The van der Waals surface area contributed by atoms with Crippen LogP contribution in [0.4, 0.5) is 0 Å². The monoisotopic (exact) mass is 287 g/mol. The van der Waals surface area contributed by atoms with Crippen LogP contribution in [-0.2, 0) is 0 Å². The number of hydrogen-bond donors (Lipinski definition) is 1. The maximum absolute atomic E-state index is 3.50. The number of rotatable bonds is 4. The van der Waals surface area contributed by atoms with E-state index in [1.807, 2.05) is 0 Å². The highest BCUT2D eigenvalue weighted by Gasteiger charge is 2.29. The Labute approximate surface area is 129 Å². The molecule has 1 aromatic rings. The molecule has 2 fully saturated rings. The highest BCUT2D eigenvalue weighted by molar-refractivity contribution is 5.24. The Morgan fingerprint density at radius 2 is 1.95 bits per heavy atom. The number of piperazine rings is 1. The van der Waals surface area contributed by atoms with Crippen molar-refractivity contribution in [3.8, 4) is 0 Å². The quantitative estimate of drug-likeness (QED) is 0.917. The fraction of sp³-hybridized carbons (Fsp3) is 0.667. The lowest BCUT2D eigenvalue weighted by Crippen LogP contribution is -2.55. The van der Waals surface area contributed by atoms with Gasteiger partial charge >= 0.3 is 0 Å². The van der Waals surface area contributed by atoms with Crippen LogP contribution in [-0.4, -0.2) is 55.6 Å². The van der Waals surface area contributed by atoms with E-state index in [4.69, 9.17) is 0 Å². The zero-order chi connectivity index (χ0) is 14.7. The fourth-order valence-corrected chi connectivity index (χ4v) is 3.81. The van der Waals surface area contributed by atoms with E-state index in [1.165, 1.54) is 56.6 Å². The van der Waals surface area contributed by atoms with Gasteiger partial charge in [-0.1, -0.05) is 36.2 Å². The highest BCUT2D eigenvalue weighted by atomic mass is 15.3. The van der Waals surface area contributed by atoms with Gasteiger partial charge in [0.25, 0.3) is 0 Å². The van der Waals surface area contributed by atoms with Crippen molar-refractivity contribution < 1.29 is 0 Å². The molecule has 0 aromatic heterocycles. The van der Waals surface area contributed by atoms with E-state index < -0.39 is 0 Å². The molecule has 3 nitrogen and oxygen atoms in total. The molecule has 2 aliphatic heterocycles. The Balaban J connectivity index is 1.60. The number of fused-ring (bicyclic) bond motifs is 1. The molecule has 3 heteroatoms. The molecule has 1 aromatic carbocycles. The number of benzene rings is 1. The third-order valence-corrected chi connectivity index (χ3v) is 5.19. The van der Waals surface area contributed by atoms with Crippen molar-refractivity contribution in [1.82, 2.24) is 15.1 Å². The molecule has 2 atom stereocenters. The number of piperidine rings is 1. The van der Waals surface area contributed by atoms with Crippen LogP contribution in [0, 0.1) is 6.92 Å². The molecule has 0 amide bonds. The summed E-state index contributed by atoms with van der Waals surface area (Å²) in [7, 11) is 2.08. The highest BCUT2D eigenvalue weighted by Crippen LogP contribution is 2.23. The van der Waals surface area contributed by atoms with E-state index in [1.54, 1.807) is 0 Å². The van der Waals surface area contributed by atoms with Crippen LogP contribution in [0.25, 0.3) is 0 Å². The van der Waals surface area contributed by atoms with Crippen molar-refractivity contribution >= 4 is 0 Å². The van der Waals surface area contributed by atoms with Crippen LogP contribution >= 0.6 is 0 Å². The molecular formula is C18H29N3. The Morgan fingerprint density at radius 3 is 2.71 bits per heavy atom. The molecule has 116 valence electrons. The Bertz CT molecular complexity index is 442. The molecule has 1 N–H and O–H groups in total. The summed E-state index contributed by atoms with van der Waals surface area (Å²) in [5, 5.41) is 3.50. The second-order valence-electron chi connectivity index (χ2n) is 6.70. The van der Waals surface area contributed by atoms with Crippen molar-refractivity contribution in [2.45, 2.75) is 38.3 Å². The second-order valence-corrected chi connectivity index (χ2v) is 6.70. The topological polar surface area (TPSA) is 18.5 Å². The number of nitrogens with one attached hydrogen (secondary N) is 1. The van der Waals surface area contributed by atoms with Crippen molar-refractivity contribution in [3.05, 3.63) is 35.4 Å². The maximum atomic E-state index is 3.50. The normalized spacial score (nSPS) is 25.5. The maximum Gasteiger partial charge on any atom is 0.0446 e. The van der Waals surface area contributed by atoms with Crippen molar-refractivity contribution in [3.63, 3.8) is 0 Å². The van der Waals surface area contributed by atoms with E-state index >= 15 is 0 Å².